The average Bonchev–Trinajstić information content (AvgIpc) is 2.49. The normalized spacial score (nSPS) is 24.0. The molecule has 2 rings (SSSR count). The van der Waals surface area contributed by atoms with Crippen molar-refractivity contribution in [2.24, 2.45) is 5.92 Å². The third-order valence-electron chi connectivity index (χ3n) is 4.30. The molecule has 0 spiro atoms. The molecule has 7 nitrogen and oxygen atoms in total. The highest BCUT2D eigenvalue weighted by atomic mass is 35.5. The van der Waals surface area contributed by atoms with E-state index in [0.717, 1.165) is 12.1 Å². The Bertz CT molecular complexity index is 653. The number of hydrogen-bond donors (Lipinski definition) is 2. The Hall–Kier alpha value is -2.15. The SMILES string of the molecule is CC1CCC(NC(=O)c2ccc([N+](=O)[O-])cc2Cl)(C(=O)O)CC1. The van der Waals surface area contributed by atoms with E-state index in [1.807, 2.05) is 6.92 Å². The first-order valence-electron chi connectivity index (χ1n) is 7.25. The summed E-state index contributed by atoms with van der Waals surface area (Å²) in [5, 5.41) is 22.7. The van der Waals surface area contributed by atoms with Gasteiger partial charge in [0.1, 0.15) is 5.54 Å². The van der Waals surface area contributed by atoms with Gasteiger partial charge in [-0.05, 0) is 37.7 Å². The highest BCUT2D eigenvalue weighted by molar-refractivity contribution is 6.34. The van der Waals surface area contributed by atoms with Crippen LogP contribution in [0.1, 0.15) is 43.0 Å². The van der Waals surface area contributed by atoms with Gasteiger partial charge in [-0.1, -0.05) is 18.5 Å². The van der Waals surface area contributed by atoms with E-state index in [-0.39, 0.29) is 16.3 Å². The minimum Gasteiger partial charge on any atom is -0.480 e. The van der Waals surface area contributed by atoms with E-state index in [1.54, 1.807) is 0 Å². The standard InChI is InChI=1S/C15H17ClN2O5/c1-9-4-6-15(7-5-9,14(20)21)17-13(19)11-3-2-10(18(22)23)8-12(11)16/h2-3,8-9H,4-7H2,1H3,(H,17,19)(H,20,21). The van der Waals surface area contributed by atoms with Crippen LogP contribution in [0.25, 0.3) is 0 Å². The zero-order valence-corrected chi connectivity index (χ0v) is 13.3. The van der Waals surface area contributed by atoms with Gasteiger partial charge in [0.05, 0.1) is 15.5 Å². The summed E-state index contributed by atoms with van der Waals surface area (Å²) in [5.41, 5.74) is -1.52. The topological polar surface area (TPSA) is 110 Å². The van der Waals surface area contributed by atoms with Crippen LogP contribution in [0.15, 0.2) is 18.2 Å². The molecule has 0 atom stereocenters. The molecule has 0 heterocycles. The number of nitro groups is 1. The smallest absolute Gasteiger partial charge is 0.329 e. The number of amides is 1. The van der Waals surface area contributed by atoms with Crippen LogP contribution < -0.4 is 5.32 Å². The fourth-order valence-electron chi connectivity index (χ4n) is 2.73. The summed E-state index contributed by atoms with van der Waals surface area (Å²) < 4.78 is 0. The van der Waals surface area contributed by atoms with Gasteiger partial charge in [-0.2, -0.15) is 0 Å². The fraction of sp³-hybridized carbons (Fsp3) is 0.467. The second-order valence-electron chi connectivity index (χ2n) is 5.95. The number of carbonyl (C=O) groups excluding carboxylic acids is 1. The van der Waals surface area contributed by atoms with Crippen molar-refractivity contribution in [1.29, 1.82) is 0 Å². The Morgan fingerprint density at radius 2 is 2.00 bits per heavy atom. The van der Waals surface area contributed by atoms with Gasteiger partial charge in [-0.15, -0.1) is 0 Å². The van der Waals surface area contributed by atoms with Crippen LogP contribution in [0.4, 0.5) is 5.69 Å². The van der Waals surface area contributed by atoms with Gasteiger partial charge < -0.3 is 10.4 Å². The summed E-state index contributed by atoms with van der Waals surface area (Å²) in [5.74, 6) is -1.29. The number of carboxylic acids is 1. The van der Waals surface area contributed by atoms with E-state index in [1.165, 1.54) is 6.07 Å². The summed E-state index contributed by atoms with van der Waals surface area (Å²) in [6.07, 6.45) is 2.11. The number of hydrogen-bond acceptors (Lipinski definition) is 4. The number of rotatable bonds is 4. The molecule has 1 aliphatic carbocycles. The Balaban J connectivity index is 2.23. The molecule has 23 heavy (non-hydrogen) atoms. The molecule has 1 saturated carbocycles. The molecule has 2 N–H and O–H groups in total. The van der Waals surface area contributed by atoms with E-state index in [2.05, 4.69) is 5.32 Å². The van der Waals surface area contributed by atoms with Gasteiger partial charge in [0, 0.05) is 12.1 Å². The zero-order valence-electron chi connectivity index (χ0n) is 12.5. The van der Waals surface area contributed by atoms with Gasteiger partial charge in [0.15, 0.2) is 0 Å². The predicted molar refractivity (Wildman–Crippen MR) is 83.6 cm³/mol. The number of aliphatic carboxylic acids is 1. The molecule has 0 unspecified atom stereocenters. The second kappa shape index (κ2) is 6.54. The monoisotopic (exact) mass is 340 g/mol. The number of nitrogens with one attached hydrogen (secondary N) is 1. The molecule has 1 amide bonds. The van der Waals surface area contributed by atoms with Crippen molar-refractivity contribution in [3.8, 4) is 0 Å². The lowest BCUT2D eigenvalue weighted by atomic mass is 9.77. The first kappa shape index (κ1) is 17.2. The van der Waals surface area contributed by atoms with Gasteiger partial charge >= 0.3 is 5.97 Å². The van der Waals surface area contributed by atoms with E-state index in [9.17, 15) is 24.8 Å². The van der Waals surface area contributed by atoms with Crippen LogP contribution >= 0.6 is 11.6 Å². The maximum Gasteiger partial charge on any atom is 0.329 e. The molecule has 0 bridgehead atoms. The average molecular weight is 341 g/mol. The highest BCUT2D eigenvalue weighted by Gasteiger charge is 2.42. The van der Waals surface area contributed by atoms with Crippen molar-refractivity contribution in [1.82, 2.24) is 5.32 Å². The molecule has 1 aromatic carbocycles. The van der Waals surface area contributed by atoms with Gasteiger partial charge in [0.25, 0.3) is 11.6 Å². The van der Waals surface area contributed by atoms with Gasteiger partial charge in [-0.3, -0.25) is 14.9 Å². The largest absolute Gasteiger partial charge is 0.480 e. The summed E-state index contributed by atoms with van der Waals surface area (Å²) >= 11 is 5.92. The molecule has 124 valence electrons. The number of benzene rings is 1. The Kier molecular flexibility index (Phi) is 4.89. The van der Waals surface area contributed by atoms with Crippen LogP contribution in [-0.4, -0.2) is 27.4 Å². The van der Waals surface area contributed by atoms with Gasteiger partial charge in [0.2, 0.25) is 0 Å². The Morgan fingerprint density at radius 3 is 2.48 bits per heavy atom. The molecule has 0 radical (unpaired) electrons. The number of carboxylic acid groups (broad SMARTS) is 1. The van der Waals surface area contributed by atoms with Crippen LogP contribution in [0, 0.1) is 16.0 Å². The lowest BCUT2D eigenvalue weighted by Crippen LogP contribution is -2.56. The van der Waals surface area contributed by atoms with E-state index in [0.29, 0.717) is 31.6 Å². The van der Waals surface area contributed by atoms with E-state index in [4.69, 9.17) is 11.6 Å². The molecule has 8 heteroatoms. The minimum atomic E-state index is -1.31. The quantitative estimate of drug-likeness (QED) is 0.646. The second-order valence-corrected chi connectivity index (χ2v) is 6.35. The van der Waals surface area contributed by atoms with Crippen molar-refractivity contribution in [3.63, 3.8) is 0 Å². The van der Waals surface area contributed by atoms with Crippen LogP contribution in [0.3, 0.4) is 0 Å². The zero-order chi connectivity index (χ0) is 17.2. The van der Waals surface area contributed by atoms with Crippen LogP contribution in [0.2, 0.25) is 5.02 Å². The maximum atomic E-state index is 12.4. The van der Waals surface area contributed by atoms with Gasteiger partial charge in [-0.25, -0.2) is 4.79 Å². The van der Waals surface area contributed by atoms with Crippen molar-refractivity contribution in [2.75, 3.05) is 0 Å². The lowest BCUT2D eigenvalue weighted by Gasteiger charge is -2.36. The molecule has 0 saturated heterocycles. The Morgan fingerprint density at radius 1 is 1.39 bits per heavy atom. The Labute approximate surface area is 137 Å². The number of carbonyl (C=O) groups is 2. The number of halogens is 1. The highest BCUT2D eigenvalue weighted by Crippen LogP contribution is 2.33. The van der Waals surface area contributed by atoms with Crippen molar-refractivity contribution in [3.05, 3.63) is 38.9 Å². The van der Waals surface area contributed by atoms with Crippen LogP contribution in [0.5, 0.6) is 0 Å². The predicted octanol–water partition coefficient (Wildman–Crippen LogP) is 3.01. The third kappa shape index (κ3) is 3.61. The number of nitro benzene ring substituents is 1. The van der Waals surface area contributed by atoms with E-state index < -0.39 is 22.3 Å². The molecular weight excluding hydrogens is 324 g/mol. The summed E-state index contributed by atoms with van der Waals surface area (Å²) in [4.78, 5) is 34.1. The summed E-state index contributed by atoms with van der Waals surface area (Å²) in [6, 6.07) is 3.47. The molecule has 0 aliphatic heterocycles. The van der Waals surface area contributed by atoms with Crippen LogP contribution in [-0.2, 0) is 4.79 Å². The van der Waals surface area contributed by atoms with E-state index >= 15 is 0 Å². The molecule has 1 fully saturated rings. The molecule has 0 aromatic heterocycles. The first-order valence-corrected chi connectivity index (χ1v) is 7.63. The number of non-ortho nitro benzene ring substituents is 1. The minimum absolute atomic E-state index is 0.0245. The lowest BCUT2D eigenvalue weighted by molar-refractivity contribution is -0.384. The van der Waals surface area contributed by atoms with Crippen molar-refractivity contribution in [2.45, 2.75) is 38.1 Å². The molecular formula is C15H17ClN2O5. The maximum absolute atomic E-state index is 12.4. The summed E-state index contributed by atoms with van der Waals surface area (Å²) in [7, 11) is 0. The third-order valence-corrected chi connectivity index (χ3v) is 4.61. The van der Waals surface area contributed by atoms with Crippen molar-refractivity contribution >= 4 is 29.2 Å². The molecule has 1 aliphatic rings. The van der Waals surface area contributed by atoms with Crippen molar-refractivity contribution < 1.29 is 19.6 Å². The fourth-order valence-corrected chi connectivity index (χ4v) is 2.99. The molecule has 1 aromatic rings. The first-order chi connectivity index (χ1) is 10.7. The number of nitrogens with zero attached hydrogens (tertiary/aromatic N) is 1. The summed E-state index contributed by atoms with van der Waals surface area (Å²) in [6.45, 7) is 2.04.